The molecule has 0 aliphatic carbocycles. The monoisotopic (exact) mass is 346 g/mol. The van der Waals surface area contributed by atoms with Crippen molar-refractivity contribution in [2.45, 2.75) is 18.5 Å². The Morgan fingerprint density at radius 3 is 2.84 bits per heavy atom. The third kappa shape index (κ3) is 3.28. The van der Waals surface area contributed by atoms with Crippen LogP contribution >= 0.6 is 27.5 Å². The molecular weight excluding hydrogens is 332 g/mol. The van der Waals surface area contributed by atoms with Crippen LogP contribution in [0.3, 0.4) is 0 Å². The average molecular weight is 348 g/mol. The molecule has 19 heavy (non-hydrogen) atoms. The molecule has 0 saturated heterocycles. The second-order valence-corrected chi connectivity index (χ2v) is 5.40. The van der Waals surface area contributed by atoms with Gasteiger partial charge in [0.1, 0.15) is 5.82 Å². The lowest BCUT2D eigenvalue weighted by atomic mass is 10.3. The molecule has 0 amide bonds. The van der Waals surface area contributed by atoms with Crippen LogP contribution in [0.5, 0.6) is 0 Å². The Kier molecular flexibility index (Phi) is 5.21. The Labute approximate surface area is 125 Å². The molecule has 1 aromatic heterocycles. The molecule has 1 aromatic carbocycles. The van der Waals surface area contributed by atoms with Crippen LogP contribution in [-0.4, -0.2) is 36.5 Å². The lowest BCUT2D eigenvalue weighted by molar-refractivity contribution is 0.0186. The molecule has 0 aliphatic rings. The van der Waals surface area contributed by atoms with Crippen molar-refractivity contribution in [1.82, 2.24) is 9.55 Å². The van der Waals surface area contributed by atoms with Crippen molar-refractivity contribution in [3.05, 3.63) is 28.5 Å². The molecule has 6 heteroatoms. The standard InChI is InChI=1S/C13H16BrClN2O2/c1-18-8-10(19-2)7-17-12-5-9(14)3-4-11(12)16-13(17)6-15/h3-5,10H,6-8H2,1-2H3. The van der Waals surface area contributed by atoms with E-state index in [1.165, 1.54) is 0 Å². The molecule has 1 heterocycles. The van der Waals surface area contributed by atoms with E-state index >= 15 is 0 Å². The van der Waals surface area contributed by atoms with Crippen molar-refractivity contribution in [1.29, 1.82) is 0 Å². The number of alkyl halides is 1. The first-order chi connectivity index (χ1) is 9.19. The number of halogens is 2. The highest BCUT2D eigenvalue weighted by Gasteiger charge is 2.15. The van der Waals surface area contributed by atoms with Crippen molar-refractivity contribution in [3.8, 4) is 0 Å². The van der Waals surface area contributed by atoms with Crippen molar-refractivity contribution in [2.24, 2.45) is 0 Å². The van der Waals surface area contributed by atoms with E-state index in [-0.39, 0.29) is 6.10 Å². The van der Waals surface area contributed by atoms with E-state index in [2.05, 4.69) is 25.5 Å². The summed E-state index contributed by atoms with van der Waals surface area (Å²) in [6, 6.07) is 5.99. The summed E-state index contributed by atoms with van der Waals surface area (Å²) < 4.78 is 13.7. The molecule has 4 nitrogen and oxygen atoms in total. The van der Waals surface area contributed by atoms with Gasteiger partial charge in [-0.3, -0.25) is 0 Å². The van der Waals surface area contributed by atoms with Gasteiger partial charge in [0.15, 0.2) is 0 Å². The van der Waals surface area contributed by atoms with E-state index < -0.39 is 0 Å². The van der Waals surface area contributed by atoms with Gasteiger partial charge in [0, 0.05) is 18.7 Å². The molecule has 0 aliphatic heterocycles. The number of aromatic nitrogens is 2. The first-order valence-electron chi connectivity index (χ1n) is 5.92. The zero-order chi connectivity index (χ0) is 13.8. The van der Waals surface area contributed by atoms with Gasteiger partial charge in [-0.2, -0.15) is 0 Å². The molecule has 2 rings (SSSR count). The Morgan fingerprint density at radius 1 is 1.42 bits per heavy atom. The van der Waals surface area contributed by atoms with Crippen molar-refractivity contribution in [3.63, 3.8) is 0 Å². The molecule has 0 fully saturated rings. The van der Waals surface area contributed by atoms with Crippen LogP contribution < -0.4 is 0 Å². The van der Waals surface area contributed by atoms with Gasteiger partial charge in [0.2, 0.25) is 0 Å². The Balaban J connectivity index is 2.41. The number of rotatable bonds is 6. The molecule has 0 bridgehead atoms. The molecule has 0 spiro atoms. The third-order valence-corrected chi connectivity index (χ3v) is 3.71. The van der Waals surface area contributed by atoms with E-state index in [9.17, 15) is 0 Å². The molecule has 0 saturated carbocycles. The van der Waals surface area contributed by atoms with Gasteiger partial charge in [0.05, 0.1) is 36.2 Å². The van der Waals surface area contributed by atoms with Gasteiger partial charge in [-0.15, -0.1) is 11.6 Å². The van der Waals surface area contributed by atoms with Crippen LogP contribution in [0.1, 0.15) is 5.82 Å². The van der Waals surface area contributed by atoms with Gasteiger partial charge in [-0.1, -0.05) is 15.9 Å². The summed E-state index contributed by atoms with van der Waals surface area (Å²) in [5.41, 5.74) is 1.98. The maximum Gasteiger partial charge on any atom is 0.124 e. The lowest BCUT2D eigenvalue weighted by Crippen LogP contribution is -2.24. The molecule has 1 unspecified atom stereocenters. The van der Waals surface area contributed by atoms with E-state index in [0.717, 1.165) is 21.3 Å². The van der Waals surface area contributed by atoms with Crippen LogP contribution in [-0.2, 0) is 21.9 Å². The molecule has 104 valence electrons. The molecule has 2 aromatic rings. The quantitative estimate of drug-likeness (QED) is 0.753. The van der Waals surface area contributed by atoms with Crippen LogP contribution in [0.2, 0.25) is 0 Å². The number of hydrogen-bond donors (Lipinski definition) is 0. The highest BCUT2D eigenvalue weighted by atomic mass is 79.9. The van der Waals surface area contributed by atoms with Gasteiger partial charge in [-0.05, 0) is 18.2 Å². The zero-order valence-electron chi connectivity index (χ0n) is 10.9. The summed E-state index contributed by atoms with van der Waals surface area (Å²) in [6.07, 6.45) is -0.0247. The minimum Gasteiger partial charge on any atom is -0.382 e. The smallest absolute Gasteiger partial charge is 0.124 e. The van der Waals surface area contributed by atoms with E-state index in [1.54, 1.807) is 14.2 Å². The highest BCUT2D eigenvalue weighted by molar-refractivity contribution is 9.10. The fourth-order valence-corrected chi connectivity index (χ4v) is 2.59. The predicted octanol–water partition coefficient (Wildman–Crippen LogP) is 3.20. The molecular formula is C13H16BrClN2O2. The number of ether oxygens (including phenoxy) is 2. The van der Waals surface area contributed by atoms with E-state index in [1.807, 2.05) is 18.2 Å². The normalized spacial score (nSPS) is 13.1. The van der Waals surface area contributed by atoms with E-state index in [0.29, 0.717) is 19.0 Å². The summed E-state index contributed by atoms with van der Waals surface area (Å²) in [7, 11) is 3.34. The molecule has 1 atom stereocenters. The Morgan fingerprint density at radius 2 is 2.21 bits per heavy atom. The molecule has 0 radical (unpaired) electrons. The fraction of sp³-hybridized carbons (Fsp3) is 0.462. The second kappa shape index (κ2) is 6.70. The lowest BCUT2D eigenvalue weighted by Gasteiger charge is -2.17. The number of methoxy groups -OCH3 is 2. The fourth-order valence-electron chi connectivity index (χ4n) is 2.04. The third-order valence-electron chi connectivity index (χ3n) is 2.98. The largest absolute Gasteiger partial charge is 0.382 e. The van der Waals surface area contributed by atoms with Gasteiger partial charge >= 0.3 is 0 Å². The van der Waals surface area contributed by atoms with Crippen LogP contribution in [0.4, 0.5) is 0 Å². The van der Waals surface area contributed by atoms with Crippen LogP contribution in [0.15, 0.2) is 22.7 Å². The maximum atomic E-state index is 5.98. The van der Waals surface area contributed by atoms with Gasteiger partial charge in [-0.25, -0.2) is 4.98 Å². The summed E-state index contributed by atoms with van der Waals surface area (Å²) in [6.45, 7) is 1.20. The summed E-state index contributed by atoms with van der Waals surface area (Å²) in [5, 5.41) is 0. The maximum absolute atomic E-state index is 5.98. The Hall–Kier alpha value is -0.620. The minimum atomic E-state index is -0.0247. The van der Waals surface area contributed by atoms with Crippen LogP contribution in [0.25, 0.3) is 11.0 Å². The first-order valence-corrected chi connectivity index (χ1v) is 7.24. The SMILES string of the molecule is COCC(Cn1c(CCl)nc2ccc(Br)cc21)OC. The zero-order valence-corrected chi connectivity index (χ0v) is 13.2. The highest BCUT2D eigenvalue weighted by Crippen LogP contribution is 2.22. The minimum absolute atomic E-state index is 0.0247. The number of nitrogens with zero attached hydrogens (tertiary/aromatic N) is 2. The van der Waals surface area contributed by atoms with Crippen molar-refractivity contribution >= 4 is 38.6 Å². The average Bonchev–Trinajstić information content (AvgIpc) is 2.75. The van der Waals surface area contributed by atoms with Gasteiger partial charge in [0.25, 0.3) is 0 Å². The number of benzene rings is 1. The number of fused-ring (bicyclic) bond motifs is 1. The first kappa shape index (κ1) is 14.8. The second-order valence-electron chi connectivity index (χ2n) is 4.22. The number of imidazole rings is 1. The van der Waals surface area contributed by atoms with Crippen molar-refractivity contribution in [2.75, 3.05) is 20.8 Å². The topological polar surface area (TPSA) is 36.3 Å². The molecule has 0 N–H and O–H groups in total. The predicted molar refractivity (Wildman–Crippen MR) is 79.7 cm³/mol. The van der Waals surface area contributed by atoms with Crippen molar-refractivity contribution < 1.29 is 9.47 Å². The van der Waals surface area contributed by atoms with Crippen LogP contribution in [0, 0.1) is 0 Å². The summed E-state index contributed by atoms with van der Waals surface area (Å²) in [5.74, 6) is 1.21. The van der Waals surface area contributed by atoms with E-state index in [4.69, 9.17) is 21.1 Å². The number of hydrogen-bond acceptors (Lipinski definition) is 3. The summed E-state index contributed by atoms with van der Waals surface area (Å²) in [4.78, 5) is 4.53. The Bertz CT molecular complexity index is 559. The summed E-state index contributed by atoms with van der Waals surface area (Å²) >= 11 is 9.46. The van der Waals surface area contributed by atoms with Gasteiger partial charge < -0.3 is 14.0 Å².